The van der Waals surface area contributed by atoms with E-state index in [0.717, 1.165) is 34.9 Å². The molecule has 128 valence electrons. The second-order valence-electron chi connectivity index (χ2n) is 7.92. The lowest BCUT2D eigenvalue weighted by molar-refractivity contribution is -0.116. The highest BCUT2D eigenvalue weighted by atomic mass is 32.1. The Bertz CT molecular complexity index is 788. The minimum absolute atomic E-state index is 0.0345. The molecule has 0 saturated heterocycles. The molecule has 2 aromatic rings. The van der Waals surface area contributed by atoms with Gasteiger partial charge in [-0.1, -0.05) is 20.8 Å². The zero-order valence-electron chi connectivity index (χ0n) is 14.8. The van der Waals surface area contributed by atoms with Crippen LogP contribution in [0, 0.1) is 0 Å². The molecule has 6 heteroatoms. The van der Waals surface area contributed by atoms with Gasteiger partial charge in [-0.15, -0.1) is 11.3 Å². The molecule has 0 aromatic carbocycles. The summed E-state index contributed by atoms with van der Waals surface area (Å²) >= 11 is 1.81. The van der Waals surface area contributed by atoms with Crippen LogP contribution < -0.4 is 5.32 Å². The predicted molar refractivity (Wildman–Crippen MR) is 95.8 cm³/mol. The van der Waals surface area contributed by atoms with Crippen LogP contribution in [0.25, 0.3) is 0 Å². The fraction of sp³-hybridized carbons (Fsp3) is 0.611. The number of aromatic nitrogens is 3. The van der Waals surface area contributed by atoms with Crippen molar-refractivity contribution in [3.8, 4) is 0 Å². The average molecular weight is 344 g/mol. The maximum absolute atomic E-state index is 12.3. The summed E-state index contributed by atoms with van der Waals surface area (Å²) in [6.07, 6.45) is 5.17. The third kappa shape index (κ3) is 2.48. The zero-order valence-corrected chi connectivity index (χ0v) is 15.6. The Hall–Kier alpha value is -1.69. The van der Waals surface area contributed by atoms with Crippen molar-refractivity contribution < 1.29 is 4.79 Å². The summed E-state index contributed by atoms with van der Waals surface area (Å²) in [5.41, 5.74) is 3.42. The summed E-state index contributed by atoms with van der Waals surface area (Å²) in [5.74, 6) is 0.936. The highest BCUT2D eigenvalue weighted by Gasteiger charge is 2.38. The van der Waals surface area contributed by atoms with Crippen LogP contribution in [0.2, 0.25) is 0 Å². The van der Waals surface area contributed by atoms with Gasteiger partial charge in [0.15, 0.2) is 0 Å². The zero-order chi connectivity index (χ0) is 17.1. The summed E-state index contributed by atoms with van der Waals surface area (Å²) in [4.78, 5) is 18.7. The number of carbonyl (C=O) groups excluding carboxylic acids is 1. The standard InChI is InChI=1S/C18H24N4OS/c1-18(2,3)15-14-10(9-13(23)20-16(14)22(4)21-15)17-19-11-7-5-6-8-12(11)24-17/h10H,5-9H2,1-4H3,(H,20,23). The van der Waals surface area contributed by atoms with E-state index in [9.17, 15) is 4.79 Å². The van der Waals surface area contributed by atoms with E-state index in [2.05, 4.69) is 26.1 Å². The maximum Gasteiger partial charge on any atom is 0.226 e. The number of rotatable bonds is 1. The molecule has 24 heavy (non-hydrogen) atoms. The Morgan fingerprint density at radius 2 is 2.00 bits per heavy atom. The number of anilines is 1. The molecule has 1 aliphatic carbocycles. The van der Waals surface area contributed by atoms with Crippen molar-refractivity contribution in [1.82, 2.24) is 14.8 Å². The highest BCUT2D eigenvalue weighted by molar-refractivity contribution is 7.11. The monoisotopic (exact) mass is 344 g/mol. The molecule has 4 rings (SSSR count). The number of carbonyl (C=O) groups is 1. The van der Waals surface area contributed by atoms with Crippen molar-refractivity contribution >= 4 is 23.1 Å². The minimum Gasteiger partial charge on any atom is -0.311 e. The van der Waals surface area contributed by atoms with Crippen molar-refractivity contribution in [2.24, 2.45) is 7.05 Å². The van der Waals surface area contributed by atoms with Gasteiger partial charge < -0.3 is 5.32 Å². The van der Waals surface area contributed by atoms with Crippen LogP contribution in [0.5, 0.6) is 0 Å². The fourth-order valence-corrected chi connectivity index (χ4v) is 5.04. The lowest BCUT2D eigenvalue weighted by Crippen LogP contribution is -2.26. The lowest BCUT2D eigenvalue weighted by Gasteiger charge is -2.25. The molecule has 0 bridgehead atoms. The molecule has 0 radical (unpaired) electrons. The number of aryl methyl sites for hydroxylation is 3. The molecule has 1 aliphatic heterocycles. The molecule has 0 spiro atoms. The number of nitrogens with zero attached hydrogens (tertiary/aromatic N) is 3. The molecule has 5 nitrogen and oxygen atoms in total. The maximum atomic E-state index is 12.3. The van der Waals surface area contributed by atoms with Gasteiger partial charge in [-0.2, -0.15) is 5.10 Å². The first-order valence-electron chi connectivity index (χ1n) is 8.70. The van der Waals surface area contributed by atoms with Gasteiger partial charge in [0.1, 0.15) is 10.8 Å². The van der Waals surface area contributed by atoms with Gasteiger partial charge in [0.05, 0.1) is 17.3 Å². The average Bonchev–Trinajstić information content (AvgIpc) is 3.08. The van der Waals surface area contributed by atoms with E-state index in [0.29, 0.717) is 6.42 Å². The van der Waals surface area contributed by atoms with E-state index < -0.39 is 0 Å². The first-order chi connectivity index (χ1) is 11.3. The molecular weight excluding hydrogens is 320 g/mol. The number of fused-ring (bicyclic) bond motifs is 2. The lowest BCUT2D eigenvalue weighted by atomic mass is 9.82. The Labute approximate surface area is 146 Å². The molecule has 1 N–H and O–H groups in total. The van der Waals surface area contributed by atoms with E-state index >= 15 is 0 Å². The quantitative estimate of drug-likeness (QED) is 0.861. The van der Waals surface area contributed by atoms with E-state index in [4.69, 9.17) is 10.1 Å². The summed E-state index contributed by atoms with van der Waals surface area (Å²) in [6.45, 7) is 6.53. The second-order valence-corrected chi connectivity index (χ2v) is 9.03. The van der Waals surface area contributed by atoms with Crippen molar-refractivity contribution in [1.29, 1.82) is 0 Å². The number of hydrogen-bond donors (Lipinski definition) is 1. The van der Waals surface area contributed by atoms with E-state index in [1.807, 2.05) is 23.1 Å². The summed E-state index contributed by atoms with van der Waals surface area (Å²) in [6, 6.07) is 0. The minimum atomic E-state index is -0.0669. The van der Waals surface area contributed by atoms with Crippen LogP contribution >= 0.6 is 11.3 Å². The van der Waals surface area contributed by atoms with E-state index in [-0.39, 0.29) is 17.2 Å². The SMILES string of the molecule is Cn1nc(C(C)(C)C)c2c1NC(=O)CC2c1nc2c(s1)CCCC2. The van der Waals surface area contributed by atoms with Crippen LogP contribution in [0.15, 0.2) is 0 Å². The molecule has 1 amide bonds. The molecule has 2 aromatic heterocycles. The predicted octanol–water partition coefficient (Wildman–Crippen LogP) is 3.53. The van der Waals surface area contributed by atoms with Crippen LogP contribution in [-0.4, -0.2) is 20.7 Å². The molecule has 1 atom stereocenters. The van der Waals surface area contributed by atoms with Crippen LogP contribution in [0.3, 0.4) is 0 Å². The third-order valence-corrected chi connectivity index (χ3v) is 6.22. The third-order valence-electron chi connectivity index (χ3n) is 4.95. The fourth-order valence-electron chi connectivity index (χ4n) is 3.77. The normalized spacial score (nSPS) is 20.5. The number of amides is 1. The Balaban J connectivity index is 1.86. The van der Waals surface area contributed by atoms with Crippen molar-refractivity contribution in [3.05, 3.63) is 26.8 Å². The Morgan fingerprint density at radius 1 is 1.25 bits per heavy atom. The summed E-state index contributed by atoms with van der Waals surface area (Å²) in [5, 5.41) is 8.85. The number of nitrogens with one attached hydrogen (secondary N) is 1. The van der Waals surface area contributed by atoms with Crippen molar-refractivity contribution in [2.75, 3.05) is 5.32 Å². The van der Waals surface area contributed by atoms with Gasteiger partial charge in [-0.25, -0.2) is 4.98 Å². The summed E-state index contributed by atoms with van der Waals surface area (Å²) < 4.78 is 1.81. The molecule has 3 heterocycles. The molecule has 2 aliphatic rings. The van der Waals surface area contributed by atoms with Crippen molar-refractivity contribution in [3.63, 3.8) is 0 Å². The van der Waals surface area contributed by atoms with Gasteiger partial charge >= 0.3 is 0 Å². The van der Waals surface area contributed by atoms with Gasteiger partial charge in [0, 0.05) is 29.3 Å². The van der Waals surface area contributed by atoms with Crippen molar-refractivity contribution in [2.45, 2.75) is 64.2 Å². The Kier molecular flexibility index (Phi) is 3.56. The first-order valence-corrected chi connectivity index (χ1v) is 9.52. The number of hydrogen-bond acceptors (Lipinski definition) is 4. The van der Waals surface area contributed by atoms with Gasteiger partial charge in [-0.05, 0) is 25.7 Å². The smallest absolute Gasteiger partial charge is 0.226 e. The molecular formula is C18H24N4OS. The van der Waals surface area contributed by atoms with Gasteiger partial charge in [0.2, 0.25) is 5.91 Å². The molecule has 0 fully saturated rings. The van der Waals surface area contributed by atoms with Gasteiger partial charge in [0.25, 0.3) is 0 Å². The summed E-state index contributed by atoms with van der Waals surface area (Å²) in [7, 11) is 1.91. The van der Waals surface area contributed by atoms with Crippen LogP contribution in [0.1, 0.15) is 72.8 Å². The first kappa shape index (κ1) is 15.8. The van der Waals surface area contributed by atoms with Crippen LogP contribution in [0.4, 0.5) is 5.82 Å². The molecule has 1 unspecified atom stereocenters. The highest BCUT2D eigenvalue weighted by Crippen LogP contribution is 2.44. The van der Waals surface area contributed by atoms with E-state index in [1.165, 1.54) is 23.4 Å². The topological polar surface area (TPSA) is 59.8 Å². The van der Waals surface area contributed by atoms with Crippen LogP contribution in [-0.2, 0) is 30.1 Å². The number of thiazole rings is 1. The van der Waals surface area contributed by atoms with Gasteiger partial charge in [-0.3, -0.25) is 9.48 Å². The van der Waals surface area contributed by atoms with E-state index in [1.54, 1.807) is 0 Å². The molecule has 0 saturated carbocycles. The second kappa shape index (κ2) is 5.41. The Morgan fingerprint density at radius 3 is 2.71 bits per heavy atom. The largest absolute Gasteiger partial charge is 0.311 e.